The van der Waals surface area contributed by atoms with Crippen molar-refractivity contribution in [3.63, 3.8) is 0 Å². The molecule has 150 valence electrons. The maximum atomic E-state index is 12.7. The van der Waals surface area contributed by atoms with E-state index >= 15 is 0 Å². The maximum Gasteiger partial charge on any atom is 0.255 e. The summed E-state index contributed by atoms with van der Waals surface area (Å²) in [6, 6.07) is 15.3. The molecule has 29 heavy (non-hydrogen) atoms. The van der Waals surface area contributed by atoms with Gasteiger partial charge in [-0.2, -0.15) is 4.31 Å². The number of sulfonamides is 1. The number of pyridine rings is 1. The van der Waals surface area contributed by atoms with Gasteiger partial charge in [0.1, 0.15) is 0 Å². The van der Waals surface area contributed by atoms with Crippen molar-refractivity contribution in [1.82, 2.24) is 9.29 Å². The maximum absolute atomic E-state index is 12.7. The lowest BCUT2D eigenvalue weighted by atomic mass is 10.1. The Balaban J connectivity index is 1.54. The van der Waals surface area contributed by atoms with Gasteiger partial charge < -0.3 is 10.1 Å². The molecule has 1 aromatic heterocycles. The highest BCUT2D eigenvalue weighted by Gasteiger charge is 2.26. The Morgan fingerprint density at radius 1 is 1.03 bits per heavy atom. The van der Waals surface area contributed by atoms with E-state index < -0.39 is 10.0 Å². The highest BCUT2D eigenvalue weighted by Crippen LogP contribution is 2.23. The molecule has 0 spiro atoms. The molecule has 4 rings (SSSR count). The van der Waals surface area contributed by atoms with Gasteiger partial charge in [-0.1, -0.05) is 6.07 Å². The van der Waals surface area contributed by atoms with E-state index in [2.05, 4.69) is 10.3 Å². The highest BCUT2D eigenvalue weighted by molar-refractivity contribution is 7.89. The highest BCUT2D eigenvalue weighted by atomic mass is 32.2. The molecule has 3 aromatic rings. The van der Waals surface area contributed by atoms with E-state index in [4.69, 9.17) is 4.74 Å². The smallest absolute Gasteiger partial charge is 0.255 e. The lowest BCUT2D eigenvalue weighted by Gasteiger charge is -2.26. The molecule has 7 nitrogen and oxygen atoms in total. The van der Waals surface area contributed by atoms with Gasteiger partial charge in [-0.3, -0.25) is 9.78 Å². The number of carbonyl (C=O) groups is 1. The van der Waals surface area contributed by atoms with Crippen LogP contribution in [0.2, 0.25) is 0 Å². The minimum Gasteiger partial charge on any atom is -0.379 e. The molecule has 2 aromatic carbocycles. The number of nitrogens with one attached hydrogen (secondary N) is 1. The van der Waals surface area contributed by atoms with Crippen molar-refractivity contribution < 1.29 is 17.9 Å². The van der Waals surface area contributed by atoms with Crippen molar-refractivity contribution in [1.29, 1.82) is 0 Å². The second-order valence-electron chi connectivity index (χ2n) is 6.82. The molecular weight excluding hydrogens is 390 g/mol. The zero-order valence-corrected chi connectivity index (χ0v) is 16.8. The van der Waals surface area contributed by atoms with Crippen LogP contribution in [0, 0.1) is 6.92 Å². The largest absolute Gasteiger partial charge is 0.379 e. The number of aromatic nitrogens is 1. The topological polar surface area (TPSA) is 88.6 Å². The fourth-order valence-corrected chi connectivity index (χ4v) is 4.68. The number of morpholine rings is 1. The Kier molecular flexibility index (Phi) is 5.31. The van der Waals surface area contributed by atoms with Crippen molar-refractivity contribution in [3.05, 3.63) is 65.9 Å². The first-order valence-corrected chi connectivity index (χ1v) is 10.7. The quantitative estimate of drug-likeness (QED) is 0.713. The van der Waals surface area contributed by atoms with Gasteiger partial charge in [-0.15, -0.1) is 0 Å². The summed E-state index contributed by atoms with van der Waals surface area (Å²) in [7, 11) is -3.58. The molecule has 1 N–H and O–H groups in total. The number of fused-ring (bicyclic) bond motifs is 1. The summed E-state index contributed by atoms with van der Waals surface area (Å²) in [6.07, 6.45) is 0. The Bertz CT molecular complexity index is 1150. The van der Waals surface area contributed by atoms with Crippen LogP contribution in [0.1, 0.15) is 16.1 Å². The van der Waals surface area contributed by atoms with Gasteiger partial charge >= 0.3 is 0 Å². The van der Waals surface area contributed by atoms with Crippen LogP contribution in [0.3, 0.4) is 0 Å². The van der Waals surface area contributed by atoms with Crippen LogP contribution in [-0.4, -0.2) is 49.9 Å². The number of ether oxygens (including phenoxy) is 1. The predicted molar refractivity (Wildman–Crippen MR) is 110 cm³/mol. The molecule has 1 saturated heterocycles. The lowest BCUT2D eigenvalue weighted by molar-refractivity contribution is 0.0730. The standard InChI is InChI=1S/C21H21N3O4S/c1-15-5-10-18-19(22-15)3-2-4-20(18)23-21(25)16-6-8-17(9-7-16)29(26,27)24-11-13-28-14-12-24/h2-10H,11-14H2,1H3,(H,23,25). The summed E-state index contributed by atoms with van der Waals surface area (Å²) in [6.45, 7) is 3.35. The van der Waals surface area contributed by atoms with Crippen LogP contribution in [0.25, 0.3) is 10.9 Å². The van der Waals surface area contributed by atoms with Gasteiger partial charge in [-0.25, -0.2) is 8.42 Å². The second-order valence-corrected chi connectivity index (χ2v) is 8.76. The number of benzene rings is 2. The first-order chi connectivity index (χ1) is 13.9. The molecule has 1 amide bonds. The van der Waals surface area contributed by atoms with Crippen LogP contribution < -0.4 is 5.32 Å². The van der Waals surface area contributed by atoms with Crippen LogP contribution in [0.5, 0.6) is 0 Å². The fourth-order valence-electron chi connectivity index (χ4n) is 3.27. The van der Waals surface area contributed by atoms with Crippen LogP contribution in [0.15, 0.2) is 59.5 Å². The van der Waals surface area contributed by atoms with E-state index in [-0.39, 0.29) is 10.8 Å². The zero-order valence-electron chi connectivity index (χ0n) is 16.0. The van der Waals surface area contributed by atoms with Gasteiger partial charge in [-0.05, 0) is 55.5 Å². The summed E-state index contributed by atoms with van der Waals surface area (Å²) in [4.78, 5) is 17.3. The molecule has 0 aliphatic carbocycles. The van der Waals surface area contributed by atoms with E-state index in [0.717, 1.165) is 16.6 Å². The third-order valence-electron chi connectivity index (χ3n) is 4.84. The number of anilines is 1. The SMILES string of the molecule is Cc1ccc2c(NC(=O)c3ccc(S(=O)(=O)N4CCOCC4)cc3)cccc2n1. The predicted octanol–water partition coefficient (Wildman–Crippen LogP) is 2.82. The van der Waals surface area contributed by atoms with Crippen molar-refractivity contribution in [2.75, 3.05) is 31.6 Å². The third kappa shape index (κ3) is 4.00. The van der Waals surface area contributed by atoms with Gasteiger partial charge in [0.15, 0.2) is 0 Å². The molecule has 0 bridgehead atoms. The third-order valence-corrected chi connectivity index (χ3v) is 6.76. The van der Waals surface area contributed by atoms with Crippen molar-refractivity contribution in [3.8, 4) is 0 Å². The zero-order chi connectivity index (χ0) is 20.4. The summed E-state index contributed by atoms with van der Waals surface area (Å²) in [5.41, 5.74) is 2.74. The van der Waals surface area contributed by atoms with Gasteiger partial charge in [0.2, 0.25) is 10.0 Å². The fraction of sp³-hybridized carbons (Fsp3) is 0.238. The van der Waals surface area contributed by atoms with E-state index in [1.807, 2.05) is 37.3 Å². The van der Waals surface area contributed by atoms with Crippen LogP contribution >= 0.6 is 0 Å². The molecule has 1 aliphatic heterocycles. The molecule has 0 unspecified atom stereocenters. The summed E-state index contributed by atoms with van der Waals surface area (Å²) in [5.74, 6) is -0.312. The average Bonchev–Trinajstić information content (AvgIpc) is 2.74. The van der Waals surface area contributed by atoms with Gasteiger partial charge in [0.25, 0.3) is 5.91 Å². The summed E-state index contributed by atoms with van der Waals surface area (Å²) < 4.78 is 32.0. The Morgan fingerprint density at radius 2 is 1.76 bits per heavy atom. The molecule has 0 atom stereocenters. The monoisotopic (exact) mass is 411 g/mol. The summed E-state index contributed by atoms with van der Waals surface area (Å²) in [5, 5.41) is 3.73. The van der Waals surface area contributed by atoms with Crippen LogP contribution in [-0.2, 0) is 14.8 Å². The van der Waals surface area contributed by atoms with E-state index in [1.54, 1.807) is 0 Å². The second kappa shape index (κ2) is 7.90. The molecule has 1 fully saturated rings. The Morgan fingerprint density at radius 3 is 2.48 bits per heavy atom. The first-order valence-electron chi connectivity index (χ1n) is 9.31. The van der Waals surface area contributed by atoms with E-state index in [1.165, 1.54) is 28.6 Å². The number of rotatable bonds is 4. The first kappa shape index (κ1) is 19.5. The Labute approximate surface area is 169 Å². The van der Waals surface area contributed by atoms with Gasteiger partial charge in [0, 0.05) is 29.7 Å². The molecule has 0 saturated carbocycles. The number of carbonyl (C=O) groups excluding carboxylic acids is 1. The summed E-state index contributed by atoms with van der Waals surface area (Å²) >= 11 is 0. The van der Waals surface area contributed by atoms with Gasteiger partial charge in [0.05, 0.1) is 29.3 Å². The Hall–Kier alpha value is -2.81. The van der Waals surface area contributed by atoms with E-state index in [9.17, 15) is 13.2 Å². The minimum absolute atomic E-state index is 0.167. The van der Waals surface area contributed by atoms with Crippen LogP contribution in [0.4, 0.5) is 5.69 Å². The molecule has 1 aliphatic rings. The van der Waals surface area contributed by atoms with Crippen molar-refractivity contribution in [2.24, 2.45) is 0 Å². The normalized spacial score (nSPS) is 15.3. The molecule has 2 heterocycles. The lowest BCUT2D eigenvalue weighted by Crippen LogP contribution is -2.40. The van der Waals surface area contributed by atoms with Crippen molar-refractivity contribution in [2.45, 2.75) is 11.8 Å². The van der Waals surface area contributed by atoms with Crippen molar-refractivity contribution >= 4 is 32.5 Å². The number of nitrogens with zero attached hydrogens (tertiary/aromatic N) is 2. The van der Waals surface area contributed by atoms with E-state index in [0.29, 0.717) is 37.6 Å². The molecule has 0 radical (unpaired) electrons. The average molecular weight is 411 g/mol. The number of aryl methyl sites for hydroxylation is 1. The molecular formula is C21H21N3O4S. The number of hydrogen-bond acceptors (Lipinski definition) is 5. The number of hydrogen-bond donors (Lipinski definition) is 1. The number of amides is 1. The molecule has 8 heteroatoms. The minimum atomic E-state index is -3.58.